The molecule has 302 valence electrons. The second kappa shape index (κ2) is 22.3. The maximum atomic E-state index is 13.4. The Morgan fingerprint density at radius 2 is 1.26 bits per heavy atom. The van der Waals surface area contributed by atoms with Crippen LogP contribution in [0, 0.1) is 11.8 Å². The van der Waals surface area contributed by atoms with Gasteiger partial charge in [-0.2, -0.15) is 0 Å². The maximum Gasteiger partial charge on any atom is 0.244 e. The minimum atomic E-state index is -2.03. The van der Waals surface area contributed by atoms with Crippen LogP contribution in [0.4, 0.5) is 0 Å². The van der Waals surface area contributed by atoms with Crippen LogP contribution in [0.5, 0.6) is 0 Å². The standard InChI is InChI=1S/C50H63NO5Si/c1-38(32-33-39(2)48(55-5)40(3)46(54-4)35-34-41-23-13-9-14-24-41)37-47(53)51-49(57(6,7)8)45(52)31-21-22-36-56-50(42-25-15-10-16-26-42,43-27-17-11-18-28-43)44-29-19-12-20-30-44/h9-30,32-35,37,39-40,45-46,48-49,52H,31,36H2,1-8H3,(H,51,53)/b22-21-,33-32+,35-34+,38-37+/t39-,40+,45?,46-,48-,49?/m0/s1. The van der Waals surface area contributed by atoms with Gasteiger partial charge < -0.3 is 24.6 Å². The number of aliphatic hydroxyl groups excluding tert-OH is 1. The van der Waals surface area contributed by atoms with E-state index in [-0.39, 0.29) is 35.6 Å². The van der Waals surface area contributed by atoms with Crippen molar-refractivity contribution in [3.63, 3.8) is 0 Å². The van der Waals surface area contributed by atoms with Crippen LogP contribution >= 0.6 is 0 Å². The number of hydrogen-bond donors (Lipinski definition) is 2. The van der Waals surface area contributed by atoms with Crippen LogP contribution < -0.4 is 5.32 Å². The van der Waals surface area contributed by atoms with Crippen molar-refractivity contribution in [2.75, 3.05) is 20.8 Å². The Bertz CT molecular complexity index is 1790. The van der Waals surface area contributed by atoms with E-state index in [1.165, 1.54) is 0 Å². The van der Waals surface area contributed by atoms with Gasteiger partial charge in [-0.1, -0.05) is 191 Å². The van der Waals surface area contributed by atoms with Crippen LogP contribution in [0.25, 0.3) is 6.08 Å². The third-order valence-corrected chi connectivity index (χ3v) is 12.9. The Kier molecular flexibility index (Phi) is 17.7. The molecule has 4 aromatic rings. The zero-order valence-corrected chi connectivity index (χ0v) is 36.0. The van der Waals surface area contributed by atoms with Gasteiger partial charge in [-0.3, -0.25) is 4.79 Å². The summed E-state index contributed by atoms with van der Waals surface area (Å²) in [6.07, 6.45) is 13.1. The minimum Gasteiger partial charge on any atom is -0.391 e. The topological polar surface area (TPSA) is 77.0 Å². The fourth-order valence-electron chi connectivity index (χ4n) is 7.47. The van der Waals surface area contributed by atoms with Gasteiger partial charge in [-0.25, -0.2) is 0 Å². The first-order valence-electron chi connectivity index (χ1n) is 20.0. The summed E-state index contributed by atoms with van der Waals surface area (Å²) in [4.78, 5) is 13.4. The van der Waals surface area contributed by atoms with Gasteiger partial charge in [0, 0.05) is 37.8 Å². The van der Waals surface area contributed by atoms with Gasteiger partial charge in [0.25, 0.3) is 0 Å². The molecule has 6 atom stereocenters. The highest BCUT2D eigenvalue weighted by Crippen LogP contribution is 2.40. The fourth-order valence-corrected chi connectivity index (χ4v) is 9.33. The third-order valence-electron chi connectivity index (χ3n) is 10.5. The van der Waals surface area contributed by atoms with E-state index < -0.39 is 19.8 Å². The number of aliphatic hydroxyl groups is 1. The highest BCUT2D eigenvalue weighted by molar-refractivity contribution is 6.78. The Labute approximate surface area is 343 Å². The first kappa shape index (κ1) is 45.1. The SMILES string of the molecule is CO[C@H]([C@H](C)[C@H](/C=C/c1ccccc1)OC)[C@@H](C)/C=C/C(C)=C/C(=O)NC(C(O)C/C=C\COC(c1ccccc1)(c1ccccc1)c1ccccc1)[Si](C)(C)C. The van der Waals surface area contributed by atoms with Gasteiger partial charge in [0.2, 0.25) is 5.91 Å². The molecule has 0 fully saturated rings. The molecule has 0 aliphatic heterocycles. The normalized spacial score (nSPS) is 16.1. The molecule has 2 N–H and O–H groups in total. The number of nitrogens with one attached hydrogen (secondary N) is 1. The number of amides is 1. The Morgan fingerprint density at radius 1 is 0.754 bits per heavy atom. The van der Waals surface area contributed by atoms with Crippen molar-refractivity contribution in [3.05, 3.63) is 186 Å². The summed E-state index contributed by atoms with van der Waals surface area (Å²) in [5.41, 5.74) is 3.85. The molecule has 4 rings (SSSR count). The van der Waals surface area contributed by atoms with E-state index in [4.69, 9.17) is 14.2 Å². The van der Waals surface area contributed by atoms with Gasteiger partial charge in [0.1, 0.15) is 5.60 Å². The number of carbonyl (C=O) groups is 1. The van der Waals surface area contributed by atoms with E-state index >= 15 is 0 Å². The molecule has 0 bridgehead atoms. The lowest BCUT2D eigenvalue weighted by Gasteiger charge is -2.35. The molecule has 0 heterocycles. The summed E-state index contributed by atoms with van der Waals surface area (Å²) in [6, 6.07) is 41.0. The zero-order chi connectivity index (χ0) is 41.3. The van der Waals surface area contributed by atoms with E-state index in [0.29, 0.717) is 13.0 Å². The van der Waals surface area contributed by atoms with E-state index in [9.17, 15) is 9.90 Å². The molecule has 1 amide bonds. The molecule has 0 aromatic heterocycles. The summed E-state index contributed by atoms with van der Waals surface area (Å²) >= 11 is 0. The summed E-state index contributed by atoms with van der Waals surface area (Å²) in [5, 5.41) is 14.6. The molecule has 0 aliphatic rings. The van der Waals surface area contributed by atoms with Crippen LogP contribution in [-0.4, -0.2) is 63.9 Å². The van der Waals surface area contributed by atoms with E-state index in [1.807, 2.05) is 97.9 Å². The van der Waals surface area contributed by atoms with Crippen molar-refractivity contribution in [2.45, 2.75) is 76.4 Å². The maximum absolute atomic E-state index is 13.4. The lowest BCUT2D eigenvalue weighted by molar-refractivity contribution is -0.117. The quantitative estimate of drug-likeness (QED) is 0.0289. The van der Waals surface area contributed by atoms with E-state index in [1.54, 1.807) is 20.3 Å². The highest BCUT2D eigenvalue weighted by atomic mass is 28.3. The molecule has 0 saturated carbocycles. The molecule has 0 radical (unpaired) electrons. The van der Waals surface area contributed by atoms with Crippen LogP contribution in [-0.2, 0) is 24.6 Å². The largest absolute Gasteiger partial charge is 0.391 e. The van der Waals surface area contributed by atoms with Crippen molar-refractivity contribution in [1.29, 1.82) is 0 Å². The third kappa shape index (κ3) is 12.9. The van der Waals surface area contributed by atoms with Crippen molar-refractivity contribution in [2.24, 2.45) is 11.8 Å². The molecular weight excluding hydrogens is 723 g/mol. The molecule has 4 aromatic carbocycles. The Hall–Kier alpha value is -4.63. The van der Waals surface area contributed by atoms with E-state index in [0.717, 1.165) is 27.8 Å². The van der Waals surface area contributed by atoms with Crippen molar-refractivity contribution in [3.8, 4) is 0 Å². The average molecular weight is 786 g/mol. The van der Waals surface area contributed by atoms with Crippen LogP contribution in [0.15, 0.2) is 163 Å². The monoisotopic (exact) mass is 785 g/mol. The zero-order valence-electron chi connectivity index (χ0n) is 35.0. The molecule has 6 nitrogen and oxygen atoms in total. The first-order valence-corrected chi connectivity index (χ1v) is 23.6. The second-order valence-corrected chi connectivity index (χ2v) is 21.2. The Balaban J connectivity index is 1.39. The number of methoxy groups -OCH3 is 2. The van der Waals surface area contributed by atoms with Gasteiger partial charge in [0.05, 0.1) is 33.0 Å². The van der Waals surface area contributed by atoms with Gasteiger partial charge in [-0.15, -0.1) is 0 Å². The lowest BCUT2D eigenvalue weighted by atomic mass is 9.80. The van der Waals surface area contributed by atoms with Crippen molar-refractivity contribution < 1.29 is 24.1 Å². The summed E-state index contributed by atoms with van der Waals surface area (Å²) in [5.74, 6) is -0.0835. The van der Waals surface area contributed by atoms with Crippen molar-refractivity contribution in [1.82, 2.24) is 5.32 Å². The average Bonchev–Trinajstić information content (AvgIpc) is 3.22. The lowest BCUT2D eigenvalue weighted by Crippen LogP contribution is -2.57. The smallest absolute Gasteiger partial charge is 0.244 e. The molecular formula is C50H63NO5Si. The minimum absolute atomic E-state index is 0.0599. The predicted molar refractivity (Wildman–Crippen MR) is 238 cm³/mol. The number of rotatable bonds is 21. The molecule has 57 heavy (non-hydrogen) atoms. The molecule has 2 unspecified atom stereocenters. The van der Waals surface area contributed by atoms with Gasteiger partial charge in [-0.05, 0) is 41.2 Å². The van der Waals surface area contributed by atoms with Gasteiger partial charge >= 0.3 is 0 Å². The molecule has 0 spiro atoms. The fraction of sp³-hybridized carbons (Fsp3) is 0.340. The Morgan fingerprint density at radius 3 is 1.74 bits per heavy atom. The number of carbonyl (C=O) groups excluding carboxylic acids is 1. The van der Waals surface area contributed by atoms with E-state index in [2.05, 4.69) is 106 Å². The predicted octanol–water partition coefficient (Wildman–Crippen LogP) is 10.2. The van der Waals surface area contributed by atoms with Gasteiger partial charge in [0.15, 0.2) is 0 Å². The number of allylic oxidation sites excluding steroid dienone is 2. The number of hydrogen-bond acceptors (Lipinski definition) is 5. The number of benzene rings is 4. The molecule has 0 aliphatic carbocycles. The molecule has 7 heteroatoms. The second-order valence-electron chi connectivity index (χ2n) is 15.9. The number of ether oxygens (including phenoxy) is 3. The highest BCUT2D eigenvalue weighted by Gasteiger charge is 2.37. The molecule has 0 saturated heterocycles. The first-order chi connectivity index (χ1) is 27.4. The summed E-state index contributed by atoms with van der Waals surface area (Å²) in [6.45, 7) is 13.0. The summed E-state index contributed by atoms with van der Waals surface area (Å²) in [7, 11) is 1.42. The van der Waals surface area contributed by atoms with Crippen LogP contribution in [0.1, 0.15) is 49.4 Å². The van der Waals surface area contributed by atoms with Crippen molar-refractivity contribution >= 4 is 20.1 Å². The summed E-state index contributed by atoms with van der Waals surface area (Å²) < 4.78 is 18.7. The van der Waals surface area contributed by atoms with Crippen LogP contribution in [0.2, 0.25) is 19.6 Å². The van der Waals surface area contributed by atoms with Crippen LogP contribution in [0.3, 0.4) is 0 Å².